The molecule has 1 rings (SSSR count). The lowest BCUT2D eigenvalue weighted by molar-refractivity contribution is 0.0380. The minimum absolute atomic E-state index is 0.0330. The van der Waals surface area contributed by atoms with Crippen LogP contribution in [0, 0.1) is 17.3 Å². The number of aliphatic hydroxyl groups is 2. The van der Waals surface area contributed by atoms with Gasteiger partial charge in [-0.1, -0.05) is 174 Å². The Balaban J connectivity index is 2.73. The molecule has 0 aromatic heterocycles. The first-order valence-electron chi connectivity index (χ1n) is 19.1. The predicted octanol–water partition coefficient (Wildman–Crippen LogP) is 13.9. The van der Waals surface area contributed by atoms with Crippen molar-refractivity contribution in [3.63, 3.8) is 0 Å². The van der Waals surface area contributed by atoms with Gasteiger partial charge in [0.2, 0.25) is 0 Å². The highest BCUT2D eigenvalue weighted by molar-refractivity contribution is 5.38. The van der Waals surface area contributed by atoms with Gasteiger partial charge in [0.15, 0.2) is 0 Å². The van der Waals surface area contributed by atoms with E-state index in [0.717, 1.165) is 23.1 Å². The van der Waals surface area contributed by atoms with Crippen LogP contribution < -0.4 is 0 Å². The van der Waals surface area contributed by atoms with E-state index in [1.807, 2.05) is 26.8 Å². The van der Waals surface area contributed by atoms with Crippen molar-refractivity contribution >= 4 is 0 Å². The average Bonchev–Trinajstić information content (AvgIpc) is 3.05. The molecule has 2 N–H and O–H groups in total. The van der Waals surface area contributed by atoms with Gasteiger partial charge >= 0.3 is 0 Å². The fourth-order valence-corrected chi connectivity index (χ4v) is 6.03. The number of aliphatic hydroxyl groups excluding tert-OH is 1. The number of hydrogen-bond acceptors (Lipinski definition) is 2. The first-order chi connectivity index (χ1) is 24.4. The van der Waals surface area contributed by atoms with Gasteiger partial charge in [-0.05, 0) is 119 Å². The fourth-order valence-electron chi connectivity index (χ4n) is 6.03. The van der Waals surface area contributed by atoms with Crippen molar-refractivity contribution in [2.45, 2.75) is 121 Å². The molecule has 2 nitrogen and oxygen atoms in total. The molecule has 0 spiro atoms. The molecule has 1 aliphatic rings. The maximum absolute atomic E-state index is 10.5. The lowest BCUT2D eigenvalue weighted by Gasteiger charge is -2.41. The van der Waals surface area contributed by atoms with Gasteiger partial charge in [0.1, 0.15) is 0 Å². The van der Waals surface area contributed by atoms with Crippen LogP contribution in [-0.4, -0.2) is 22.4 Å². The van der Waals surface area contributed by atoms with Crippen molar-refractivity contribution in [1.82, 2.24) is 0 Å². The molecule has 284 valence electrons. The Labute approximate surface area is 320 Å². The highest BCUT2D eigenvalue weighted by Gasteiger charge is 2.35. The van der Waals surface area contributed by atoms with Crippen LogP contribution in [0.3, 0.4) is 0 Å². The Kier molecular flexibility index (Phi) is 21.2. The summed E-state index contributed by atoms with van der Waals surface area (Å²) in [6.07, 6.45) is 44.9. The van der Waals surface area contributed by atoms with Gasteiger partial charge in [-0.2, -0.15) is 0 Å². The summed E-state index contributed by atoms with van der Waals surface area (Å²) in [5, 5.41) is 19.8. The van der Waals surface area contributed by atoms with Crippen LogP contribution >= 0.6 is 0 Å². The third kappa shape index (κ3) is 19.2. The summed E-state index contributed by atoms with van der Waals surface area (Å²) < 4.78 is 0. The van der Waals surface area contributed by atoms with E-state index < -0.39 is 5.60 Å². The van der Waals surface area contributed by atoms with E-state index in [0.29, 0.717) is 12.3 Å². The van der Waals surface area contributed by atoms with E-state index in [1.165, 1.54) is 46.3 Å². The van der Waals surface area contributed by atoms with E-state index in [9.17, 15) is 10.2 Å². The molecule has 1 aliphatic carbocycles. The van der Waals surface area contributed by atoms with Crippen molar-refractivity contribution in [3.8, 4) is 0 Å². The fraction of sp³-hybridized carbons (Fsp3) is 0.440. The Bertz CT molecular complexity index is 1580. The Hall–Kier alpha value is -3.72. The molecule has 2 heteroatoms. The topological polar surface area (TPSA) is 40.5 Å². The Morgan fingerprint density at radius 1 is 0.712 bits per heavy atom. The summed E-state index contributed by atoms with van der Waals surface area (Å²) in [6.45, 7) is 27.7. The standard InChI is InChI=1S/C50H72O2/c1-38(2)27-32-46-35-31-45(9)48(49(46,10)11)36-30-43(7)26-17-22-40(4)20-15-14-19-39(3)21-16-23-41(5)24-18-25-42(6)28-33-47(50(12,13)52)34-29-44(8)37-51/h14-30,33,36,46-47,51-52H,31-32,34-35,37H2,1-13H3. The number of allylic oxidation sites excluding steroid dienone is 26. The highest BCUT2D eigenvalue weighted by Crippen LogP contribution is 2.47. The molecule has 0 saturated carbocycles. The molecule has 0 aromatic carbocycles. The SMILES string of the molecule is CC(C)=CCC1CCC(C)=C(C=CC(C)=CC=CC(C)=CC=CC=C(C)C=CC=C(C)C=CC=C(C)C=CC(CC=C(C)CO)C(C)(C)O)C1(C)C. The molecule has 0 bridgehead atoms. The second-order valence-electron chi connectivity index (χ2n) is 16.1. The molecule has 0 radical (unpaired) electrons. The third-order valence-electron chi connectivity index (χ3n) is 9.82. The van der Waals surface area contributed by atoms with Gasteiger partial charge in [0, 0.05) is 5.92 Å². The Morgan fingerprint density at radius 3 is 1.63 bits per heavy atom. The molecule has 2 unspecified atom stereocenters. The van der Waals surface area contributed by atoms with Crippen molar-refractivity contribution in [2.75, 3.05) is 6.61 Å². The van der Waals surface area contributed by atoms with Gasteiger partial charge in [0.25, 0.3) is 0 Å². The van der Waals surface area contributed by atoms with Gasteiger partial charge < -0.3 is 10.2 Å². The summed E-state index contributed by atoms with van der Waals surface area (Å²) in [4.78, 5) is 0. The first kappa shape index (κ1) is 46.3. The molecular formula is C50H72O2. The van der Waals surface area contributed by atoms with Crippen LogP contribution in [0.2, 0.25) is 0 Å². The van der Waals surface area contributed by atoms with Gasteiger partial charge in [-0.25, -0.2) is 0 Å². The lowest BCUT2D eigenvalue weighted by Crippen LogP contribution is -2.30. The van der Waals surface area contributed by atoms with Gasteiger partial charge in [-0.3, -0.25) is 0 Å². The molecule has 0 heterocycles. The zero-order chi connectivity index (χ0) is 39.3. The van der Waals surface area contributed by atoms with Gasteiger partial charge in [-0.15, -0.1) is 0 Å². The summed E-state index contributed by atoms with van der Waals surface area (Å²) in [6, 6.07) is 0. The van der Waals surface area contributed by atoms with Crippen LogP contribution in [0.4, 0.5) is 0 Å². The molecule has 0 saturated heterocycles. The average molecular weight is 705 g/mol. The molecule has 2 atom stereocenters. The zero-order valence-electron chi connectivity index (χ0n) is 35.1. The molecule has 0 aliphatic heterocycles. The second kappa shape index (κ2) is 23.8. The molecular weight excluding hydrogens is 633 g/mol. The summed E-state index contributed by atoms with van der Waals surface area (Å²) in [5.41, 5.74) is 10.6. The number of hydrogen-bond donors (Lipinski definition) is 2. The molecule has 0 aromatic rings. The molecule has 0 amide bonds. The van der Waals surface area contributed by atoms with E-state index >= 15 is 0 Å². The quantitative estimate of drug-likeness (QED) is 0.110. The monoisotopic (exact) mass is 705 g/mol. The Morgan fingerprint density at radius 2 is 1.17 bits per heavy atom. The van der Waals surface area contributed by atoms with Crippen LogP contribution in [0.15, 0.2) is 166 Å². The first-order valence-corrected chi connectivity index (χ1v) is 19.1. The normalized spacial score (nSPS) is 19.9. The van der Waals surface area contributed by atoms with Gasteiger partial charge in [0.05, 0.1) is 12.2 Å². The summed E-state index contributed by atoms with van der Waals surface area (Å²) in [5.74, 6) is 0.652. The summed E-state index contributed by atoms with van der Waals surface area (Å²) >= 11 is 0. The van der Waals surface area contributed by atoms with Crippen LogP contribution in [-0.2, 0) is 0 Å². The lowest BCUT2D eigenvalue weighted by atomic mass is 9.64. The maximum Gasteiger partial charge on any atom is 0.0657 e. The summed E-state index contributed by atoms with van der Waals surface area (Å²) in [7, 11) is 0. The van der Waals surface area contributed by atoms with Crippen LogP contribution in [0.1, 0.15) is 116 Å². The van der Waals surface area contributed by atoms with Crippen molar-refractivity contribution < 1.29 is 10.2 Å². The van der Waals surface area contributed by atoms with Crippen molar-refractivity contribution in [2.24, 2.45) is 17.3 Å². The van der Waals surface area contributed by atoms with E-state index in [4.69, 9.17) is 0 Å². The van der Waals surface area contributed by atoms with Crippen molar-refractivity contribution in [3.05, 3.63) is 166 Å². The van der Waals surface area contributed by atoms with Crippen LogP contribution in [0.25, 0.3) is 0 Å². The zero-order valence-corrected chi connectivity index (χ0v) is 35.1. The van der Waals surface area contributed by atoms with E-state index in [1.54, 1.807) is 0 Å². The van der Waals surface area contributed by atoms with E-state index in [-0.39, 0.29) is 17.9 Å². The highest BCUT2D eigenvalue weighted by atomic mass is 16.3. The van der Waals surface area contributed by atoms with Crippen molar-refractivity contribution in [1.29, 1.82) is 0 Å². The van der Waals surface area contributed by atoms with Crippen LogP contribution in [0.5, 0.6) is 0 Å². The minimum atomic E-state index is -0.838. The number of rotatable bonds is 18. The smallest absolute Gasteiger partial charge is 0.0657 e. The molecule has 52 heavy (non-hydrogen) atoms. The third-order valence-corrected chi connectivity index (χ3v) is 9.82. The molecule has 0 fully saturated rings. The second-order valence-corrected chi connectivity index (χ2v) is 16.1. The minimum Gasteiger partial charge on any atom is -0.392 e. The maximum atomic E-state index is 10.5. The largest absolute Gasteiger partial charge is 0.392 e. The predicted molar refractivity (Wildman–Crippen MR) is 232 cm³/mol. The van der Waals surface area contributed by atoms with E-state index in [2.05, 4.69) is 179 Å².